The van der Waals surface area contributed by atoms with E-state index in [9.17, 15) is 4.79 Å². The third kappa shape index (κ3) is 6.05. The molecule has 0 aromatic rings. The second-order valence-corrected chi connectivity index (χ2v) is 4.03. The Balaban J connectivity index is 3.61. The van der Waals surface area contributed by atoms with E-state index in [4.69, 9.17) is 9.47 Å². The number of carbonyl (C=O) groups excluding carboxylic acids is 1. The Morgan fingerprint density at radius 3 is 2.54 bits per heavy atom. The first-order chi connectivity index (χ1) is 6.11. The molecule has 0 aromatic heterocycles. The van der Waals surface area contributed by atoms with Crippen LogP contribution in [-0.4, -0.2) is 30.1 Å². The van der Waals surface area contributed by atoms with E-state index in [0.717, 1.165) is 6.42 Å². The van der Waals surface area contributed by atoms with Crippen LogP contribution in [0.5, 0.6) is 0 Å². The minimum atomic E-state index is -0.457. The van der Waals surface area contributed by atoms with Crippen molar-refractivity contribution < 1.29 is 14.3 Å². The van der Waals surface area contributed by atoms with Gasteiger partial charge < -0.3 is 9.47 Å². The molecule has 3 nitrogen and oxygen atoms in total. The van der Waals surface area contributed by atoms with E-state index in [1.807, 2.05) is 13.8 Å². The van der Waals surface area contributed by atoms with Crippen LogP contribution in [0.3, 0.4) is 0 Å². The van der Waals surface area contributed by atoms with E-state index >= 15 is 0 Å². The highest BCUT2D eigenvalue weighted by Gasteiger charge is 2.15. The van der Waals surface area contributed by atoms with Gasteiger partial charge in [-0.05, 0) is 20.3 Å². The molecule has 2 unspecified atom stereocenters. The first-order valence-electron chi connectivity index (χ1n) is 4.54. The van der Waals surface area contributed by atoms with Crippen LogP contribution in [0.4, 0.5) is 0 Å². The lowest BCUT2D eigenvalue weighted by molar-refractivity contribution is -0.155. The molecule has 78 valence electrons. The summed E-state index contributed by atoms with van der Waals surface area (Å²) in [7, 11) is 0. The topological polar surface area (TPSA) is 35.5 Å². The normalized spacial score (nSPS) is 15.1. The molecule has 0 rings (SSSR count). The lowest BCUT2D eigenvalue weighted by atomic mass is 10.3. The second kappa shape index (κ2) is 7.33. The largest absolute Gasteiger partial charge is 0.463 e. The number of carbonyl (C=O) groups is 1. The van der Waals surface area contributed by atoms with Crippen LogP contribution in [0.2, 0.25) is 0 Å². The van der Waals surface area contributed by atoms with Gasteiger partial charge in [-0.1, -0.05) is 22.9 Å². The van der Waals surface area contributed by atoms with E-state index in [-0.39, 0.29) is 10.8 Å². The SMILES string of the molecule is CCOC(C)C(=O)OCC(Br)CC. The van der Waals surface area contributed by atoms with Crippen molar-refractivity contribution in [2.75, 3.05) is 13.2 Å². The number of alkyl halides is 1. The van der Waals surface area contributed by atoms with Gasteiger partial charge in [0.1, 0.15) is 6.61 Å². The fraction of sp³-hybridized carbons (Fsp3) is 0.889. The molecular weight excluding hydrogens is 236 g/mol. The molecule has 0 N–H and O–H groups in total. The average Bonchev–Trinajstić information content (AvgIpc) is 2.13. The predicted octanol–water partition coefficient (Wildman–Crippen LogP) is 2.13. The zero-order chi connectivity index (χ0) is 10.3. The molecule has 0 saturated heterocycles. The van der Waals surface area contributed by atoms with E-state index in [0.29, 0.717) is 13.2 Å². The summed E-state index contributed by atoms with van der Waals surface area (Å²) in [6.45, 7) is 6.51. The van der Waals surface area contributed by atoms with Crippen molar-refractivity contribution in [3.63, 3.8) is 0 Å². The fourth-order valence-corrected chi connectivity index (χ4v) is 0.858. The summed E-state index contributed by atoms with van der Waals surface area (Å²) in [6, 6.07) is 0. The minimum Gasteiger partial charge on any atom is -0.463 e. The van der Waals surface area contributed by atoms with Crippen LogP contribution >= 0.6 is 15.9 Å². The van der Waals surface area contributed by atoms with Gasteiger partial charge in [-0.15, -0.1) is 0 Å². The van der Waals surface area contributed by atoms with Crippen molar-refractivity contribution in [3.05, 3.63) is 0 Å². The zero-order valence-corrected chi connectivity index (χ0v) is 9.96. The maximum absolute atomic E-state index is 11.2. The quantitative estimate of drug-likeness (QED) is 0.537. The summed E-state index contributed by atoms with van der Waals surface area (Å²) in [5.41, 5.74) is 0. The number of rotatable bonds is 6. The Bertz CT molecular complexity index is 150. The van der Waals surface area contributed by atoms with Gasteiger partial charge >= 0.3 is 5.97 Å². The van der Waals surface area contributed by atoms with Crippen LogP contribution < -0.4 is 0 Å². The number of hydrogen-bond donors (Lipinski definition) is 0. The Morgan fingerprint density at radius 1 is 1.46 bits per heavy atom. The third-order valence-electron chi connectivity index (χ3n) is 1.60. The Labute approximate surface area is 87.9 Å². The third-order valence-corrected chi connectivity index (χ3v) is 2.51. The van der Waals surface area contributed by atoms with Gasteiger partial charge in [-0.3, -0.25) is 0 Å². The molecule has 13 heavy (non-hydrogen) atoms. The number of halogens is 1. The molecular formula is C9H17BrO3. The van der Waals surface area contributed by atoms with Gasteiger partial charge in [0.2, 0.25) is 0 Å². The average molecular weight is 253 g/mol. The standard InChI is InChI=1S/C9H17BrO3/c1-4-8(10)6-13-9(11)7(3)12-5-2/h7-8H,4-6H2,1-3H3. The van der Waals surface area contributed by atoms with Gasteiger partial charge in [0.05, 0.1) is 0 Å². The summed E-state index contributed by atoms with van der Waals surface area (Å²) in [6.07, 6.45) is 0.484. The summed E-state index contributed by atoms with van der Waals surface area (Å²) in [5, 5.41) is 0. The van der Waals surface area contributed by atoms with Crippen LogP contribution in [-0.2, 0) is 14.3 Å². The number of hydrogen-bond acceptors (Lipinski definition) is 3. The van der Waals surface area contributed by atoms with Crippen LogP contribution in [0.1, 0.15) is 27.2 Å². The molecule has 0 saturated carbocycles. The first kappa shape index (κ1) is 12.9. The van der Waals surface area contributed by atoms with Crippen molar-refractivity contribution in [3.8, 4) is 0 Å². The molecule has 0 aromatic carbocycles. The molecule has 2 atom stereocenters. The molecule has 0 heterocycles. The van der Waals surface area contributed by atoms with Gasteiger partial charge in [0.25, 0.3) is 0 Å². The molecule has 0 aliphatic rings. The Kier molecular flexibility index (Phi) is 7.28. The van der Waals surface area contributed by atoms with Crippen molar-refractivity contribution in [2.45, 2.75) is 38.1 Å². The van der Waals surface area contributed by atoms with Gasteiger partial charge in [0, 0.05) is 11.4 Å². The highest BCUT2D eigenvalue weighted by molar-refractivity contribution is 9.09. The zero-order valence-electron chi connectivity index (χ0n) is 8.38. The van der Waals surface area contributed by atoms with E-state index < -0.39 is 6.10 Å². The molecule has 0 bridgehead atoms. The molecule has 0 aliphatic carbocycles. The van der Waals surface area contributed by atoms with E-state index in [1.165, 1.54) is 0 Å². The number of esters is 1. The molecule has 0 spiro atoms. The van der Waals surface area contributed by atoms with Crippen molar-refractivity contribution in [2.24, 2.45) is 0 Å². The minimum absolute atomic E-state index is 0.241. The van der Waals surface area contributed by atoms with Crippen LogP contribution in [0, 0.1) is 0 Å². The monoisotopic (exact) mass is 252 g/mol. The maximum atomic E-state index is 11.2. The van der Waals surface area contributed by atoms with Gasteiger partial charge in [-0.2, -0.15) is 0 Å². The molecule has 0 amide bonds. The summed E-state index contributed by atoms with van der Waals surface area (Å²) in [4.78, 5) is 11.4. The van der Waals surface area contributed by atoms with Crippen molar-refractivity contribution in [1.29, 1.82) is 0 Å². The van der Waals surface area contributed by atoms with E-state index in [2.05, 4.69) is 15.9 Å². The molecule has 0 radical (unpaired) electrons. The Morgan fingerprint density at radius 2 is 2.08 bits per heavy atom. The van der Waals surface area contributed by atoms with E-state index in [1.54, 1.807) is 6.92 Å². The smallest absolute Gasteiger partial charge is 0.334 e. The maximum Gasteiger partial charge on any atom is 0.334 e. The van der Waals surface area contributed by atoms with Gasteiger partial charge in [-0.25, -0.2) is 4.79 Å². The van der Waals surface area contributed by atoms with Crippen LogP contribution in [0.25, 0.3) is 0 Å². The summed E-state index contributed by atoms with van der Waals surface area (Å²) >= 11 is 3.38. The van der Waals surface area contributed by atoms with Crippen LogP contribution in [0.15, 0.2) is 0 Å². The Hall–Kier alpha value is -0.0900. The lowest BCUT2D eigenvalue weighted by Crippen LogP contribution is -2.25. The molecule has 0 aliphatic heterocycles. The van der Waals surface area contributed by atoms with Crippen molar-refractivity contribution in [1.82, 2.24) is 0 Å². The predicted molar refractivity (Wildman–Crippen MR) is 55.1 cm³/mol. The summed E-state index contributed by atoms with van der Waals surface area (Å²) in [5.74, 6) is -0.292. The molecule has 4 heteroatoms. The highest BCUT2D eigenvalue weighted by atomic mass is 79.9. The van der Waals surface area contributed by atoms with Crippen molar-refractivity contribution >= 4 is 21.9 Å². The first-order valence-corrected chi connectivity index (χ1v) is 5.45. The van der Waals surface area contributed by atoms with Gasteiger partial charge in [0.15, 0.2) is 6.10 Å². The fourth-order valence-electron chi connectivity index (χ4n) is 0.726. The number of ether oxygens (including phenoxy) is 2. The lowest BCUT2D eigenvalue weighted by Gasteiger charge is -2.12. The molecule has 0 fully saturated rings. The second-order valence-electron chi connectivity index (χ2n) is 2.73. The summed E-state index contributed by atoms with van der Waals surface area (Å²) < 4.78 is 10.1. The highest BCUT2D eigenvalue weighted by Crippen LogP contribution is 2.05.